The van der Waals surface area contributed by atoms with E-state index in [4.69, 9.17) is 0 Å². The number of imidazole rings is 1. The summed E-state index contributed by atoms with van der Waals surface area (Å²) in [4.78, 5) is 4.41. The lowest BCUT2D eigenvalue weighted by Crippen LogP contribution is -2.28. The van der Waals surface area contributed by atoms with E-state index in [1.807, 2.05) is 6.33 Å². The molecule has 0 unspecified atom stereocenters. The highest BCUT2D eigenvalue weighted by Crippen LogP contribution is 2.37. The van der Waals surface area contributed by atoms with E-state index in [1.165, 1.54) is 44.2 Å². The normalized spacial score (nSPS) is 20.2. The number of thiol groups is 1. The third-order valence-corrected chi connectivity index (χ3v) is 5.02. The fourth-order valence-electron chi connectivity index (χ4n) is 2.91. The summed E-state index contributed by atoms with van der Waals surface area (Å²) in [7, 11) is 0. The Morgan fingerprint density at radius 1 is 1.24 bits per heavy atom. The second-order valence-corrected chi connectivity index (χ2v) is 5.93. The minimum Gasteiger partial charge on any atom is -0.334 e. The van der Waals surface area contributed by atoms with Crippen LogP contribution < -0.4 is 0 Å². The van der Waals surface area contributed by atoms with E-state index >= 15 is 0 Å². The zero-order chi connectivity index (χ0) is 12.3. The molecule has 0 spiro atoms. The van der Waals surface area contributed by atoms with E-state index in [-0.39, 0.29) is 0 Å². The largest absolute Gasteiger partial charge is 0.334 e. The molecule has 0 radical (unpaired) electrons. The van der Waals surface area contributed by atoms with Crippen LogP contribution in [0.4, 0.5) is 0 Å². The molecule has 1 saturated carbocycles. The van der Waals surface area contributed by atoms with Crippen molar-refractivity contribution in [3.63, 3.8) is 0 Å². The van der Waals surface area contributed by atoms with Crippen molar-refractivity contribution in [1.82, 2.24) is 9.55 Å². The van der Waals surface area contributed by atoms with Crippen LogP contribution in [0.5, 0.6) is 0 Å². The molecule has 0 amide bonds. The average molecular weight is 252 g/mol. The van der Waals surface area contributed by atoms with Gasteiger partial charge in [0.1, 0.15) is 0 Å². The maximum absolute atomic E-state index is 4.63. The zero-order valence-electron chi connectivity index (χ0n) is 11.1. The third kappa shape index (κ3) is 2.87. The molecule has 3 heteroatoms. The number of rotatable bonds is 3. The molecule has 0 aliphatic heterocycles. The fourth-order valence-corrected chi connectivity index (χ4v) is 3.33. The van der Waals surface area contributed by atoms with Gasteiger partial charge in [-0.2, -0.15) is 12.6 Å². The van der Waals surface area contributed by atoms with Gasteiger partial charge in [-0.05, 0) is 37.9 Å². The molecule has 17 heavy (non-hydrogen) atoms. The summed E-state index contributed by atoms with van der Waals surface area (Å²) in [6.07, 6.45) is 10.2. The van der Waals surface area contributed by atoms with Gasteiger partial charge in [0.05, 0.1) is 12.0 Å². The van der Waals surface area contributed by atoms with Crippen molar-refractivity contribution in [2.45, 2.75) is 58.9 Å². The molecule has 1 aromatic heterocycles. The van der Waals surface area contributed by atoms with Gasteiger partial charge in [-0.15, -0.1) is 0 Å². The minimum absolute atomic E-state index is 0.400. The van der Waals surface area contributed by atoms with Crippen LogP contribution in [0, 0.1) is 19.3 Å². The van der Waals surface area contributed by atoms with Gasteiger partial charge in [0.25, 0.3) is 0 Å². The monoisotopic (exact) mass is 252 g/mol. The van der Waals surface area contributed by atoms with E-state index < -0.39 is 0 Å². The molecule has 96 valence electrons. The standard InChI is InChI=1S/C14H24N2S/c1-12-13(2)16(11-15-12)9-14(10-17)7-5-3-4-6-8-14/h11,17H,3-10H2,1-2H3. The minimum atomic E-state index is 0.400. The maximum atomic E-state index is 4.63. The summed E-state index contributed by atoms with van der Waals surface area (Å²) >= 11 is 4.63. The van der Waals surface area contributed by atoms with Crippen LogP contribution in [0.2, 0.25) is 0 Å². The van der Waals surface area contributed by atoms with Gasteiger partial charge in [0.15, 0.2) is 0 Å². The van der Waals surface area contributed by atoms with Crippen LogP contribution >= 0.6 is 12.6 Å². The summed E-state index contributed by atoms with van der Waals surface area (Å²) in [5.41, 5.74) is 2.88. The van der Waals surface area contributed by atoms with Gasteiger partial charge >= 0.3 is 0 Å². The van der Waals surface area contributed by atoms with E-state index in [1.54, 1.807) is 0 Å². The molecular weight excluding hydrogens is 228 g/mol. The van der Waals surface area contributed by atoms with Gasteiger partial charge in [0, 0.05) is 12.2 Å². The molecule has 0 aromatic carbocycles. The van der Waals surface area contributed by atoms with E-state index in [2.05, 4.69) is 36.0 Å². The second kappa shape index (κ2) is 5.47. The van der Waals surface area contributed by atoms with Gasteiger partial charge in [-0.3, -0.25) is 0 Å². The Morgan fingerprint density at radius 3 is 2.35 bits per heavy atom. The lowest BCUT2D eigenvalue weighted by Gasteiger charge is -2.32. The van der Waals surface area contributed by atoms with Crippen molar-refractivity contribution < 1.29 is 0 Å². The van der Waals surface area contributed by atoms with Crippen molar-refractivity contribution >= 4 is 12.6 Å². The number of hydrogen-bond donors (Lipinski definition) is 1. The number of aryl methyl sites for hydroxylation is 1. The number of aromatic nitrogens is 2. The van der Waals surface area contributed by atoms with E-state index in [0.717, 1.165) is 18.0 Å². The molecule has 1 heterocycles. The first-order chi connectivity index (χ1) is 8.17. The Labute approximate surface area is 110 Å². The predicted molar refractivity (Wildman–Crippen MR) is 75.7 cm³/mol. The molecule has 0 atom stereocenters. The first kappa shape index (κ1) is 13.0. The van der Waals surface area contributed by atoms with Crippen LogP contribution in [-0.2, 0) is 6.54 Å². The van der Waals surface area contributed by atoms with Crippen molar-refractivity contribution in [3.05, 3.63) is 17.7 Å². The van der Waals surface area contributed by atoms with Crippen LogP contribution in [0.1, 0.15) is 49.9 Å². The maximum Gasteiger partial charge on any atom is 0.0951 e. The van der Waals surface area contributed by atoms with Crippen molar-refractivity contribution in [1.29, 1.82) is 0 Å². The zero-order valence-corrected chi connectivity index (χ0v) is 12.0. The lowest BCUT2D eigenvalue weighted by atomic mass is 9.82. The van der Waals surface area contributed by atoms with Gasteiger partial charge in [0.2, 0.25) is 0 Å². The Bertz CT molecular complexity index is 362. The molecule has 0 N–H and O–H groups in total. The van der Waals surface area contributed by atoms with Gasteiger partial charge in [-0.25, -0.2) is 4.98 Å². The molecule has 1 aliphatic carbocycles. The highest BCUT2D eigenvalue weighted by atomic mass is 32.1. The molecule has 0 saturated heterocycles. The SMILES string of the molecule is Cc1ncn(CC2(CS)CCCCCC2)c1C. The molecule has 2 nitrogen and oxygen atoms in total. The second-order valence-electron chi connectivity index (χ2n) is 5.62. The first-order valence-electron chi connectivity index (χ1n) is 6.76. The summed E-state index contributed by atoms with van der Waals surface area (Å²) in [5.74, 6) is 1.00. The highest BCUT2D eigenvalue weighted by Gasteiger charge is 2.30. The average Bonchev–Trinajstić information content (AvgIpc) is 2.59. The summed E-state index contributed by atoms with van der Waals surface area (Å²) in [5, 5.41) is 0. The van der Waals surface area contributed by atoms with Crippen LogP contribution in [-0.4, -0.2) is 15.3 Å². The Morgan fingerprint density at radius 2 is 1.88 bits per heavy atom. The van der Waals surface area contributed by atoms with Crippen molar-refractivity contribution in [2.75, 3.05) is 5.75 Å². The first-order valence-corrected chi connectivity index (χ1v) is 7.39. The van der Waals surface area contributed by atoms with Gasteiger partial charge in [-0.1, -0.05) is 25.7 Å². The lowest BCUT2D eigenvalue weighted by molar-refractivity contribution is 0.239. The quantitative estimate of drug-likeness (QED) is 0.640. The van der Waals surface area contributed by atoms with Crippen LogP contribution in [0.15, 0.2) is 6.33 Å². The molecule has 1 aromatic rings. The molecular formula is C14H24N2S. The van der Waals surface area contributed by atoms with Crippen molar-refractivity contribution in [2.24, 2.45) is 5.41 Å². The Hall–Kier alpha value is -0.440. The van der Waals surface area contributed by atoms with Gasteiger partial charge < -0.3 is 4.57 Å². The van der Waals surface area contributed by atoms with Crippen molar-refractivity contribution in [3.8, 4) is 0 Å². The van der Waals surface area contributed by atoms with E-state index in [0.29, 0.717) is 5.41 Å². The smallest absolute Gasteiger partial charge is 0.0951 e. The predicted octanol–water partition coefficient (Wildman–Crippen LogP) is 3.77. The number of nitrogens with zero attached hydrogens (tertiary/aromatic N) is 2. The third-order valence-electron chi connectivity index (χ3n) is 4.35. The van der Waals surface area contributed by atoms with Crippen LogP contribution in [0.3, 0.4) is 0 Å². The molecule has 2 rings (SSSR count). The highest BCUT2D eigenvalue weighted by molar-refractivity contribution is 7.80. The number of hydrogen-bond acceptors (Lipinski definition) is 2. The fraction of sp³-hybridized carbons (Fsp3) is 0.786. The molecule has 1 aliphatic rings. The summed E-state index contributed by atoms with van der Waals surface area (Å²) in [6, 6.07) is 0. The van der Waals surface area contributed by atoms with E-state index in [9.17, 15) is 0 Å². The molecule has 1 fully saturated rings. The Kier molecular flexibility index (Phi) is 4.18. The van der Waals surface area contributed by atoms with Crippen LogP contribution in [0.25, 0.3) is 0 Å². The topological polar surface area (TPSA) is 17.8 Å². The molecule has 0 bridgehead atoms. The summed E-state index contributed by atoms with van der Waals surface area (Å²) in [6.45, 7) is 5.36. The Balaban J connectivity index is 2.15. The summed E-state index contributed by atoms with van der Waals surface area (Å²) < 4.78 is 2.33.